The molecule has 0 aliphatic heterocycles. The van der Waals surface area contributed by atoms with Gasteiger partial charge in [-0.2, -0.15) is 0 Å². The van der Waals surface area contributed by atoms with E-state index in [0.717, 1.165) is 24.5 Å². The van der Waals surface area contributed by atoms with Crippen LogP contribution in [0.3, 0.4) is 0 Å². The molecule has 0 heterocycles. The molecule has 0 fully saturated rings. The van der Waals surface area contributed by atoms with Crippen molar-refractivity contribution >= 4 is 12.0 Å². The van der Waals surface area contributed by atoms with Gasteiger partial charge in [-0.15, -0.1) is 0 Å². The molecular weight excluding hydrogens is 244 g/mol. The van der Waals surface area contributed by atoms with Crippen LogP contribution in [0.5, 0.6) is 11.5 Å². The van der Waals surface area contributed by atoms with Crippen molar-refractivity contribution in [3.63, 3.8) is 0 Å². The van der Waals surface area contributed by atoms with Crippen molar-refractivity contribution in [1.29, 1.82) is 0 Å². The van der Waals surface area contributed by atoms with Gasteiger partial charge in [0.05, 0.1) is 13.2 Å². The zero-order valence-corrected chi connectivity index (χ0v) is 11.4. The molecule has 0 saturated carbocycles. The van der Waals surface area contributed by atoms with Crippen molar-refractivity contribution in [3.8, 4) is 11.5 Å². The third kappa shape index (κ3) is 5.95. The Morgan fingerprint density at radius 1 is 1.11 bits per heavy atom. The molecule has 1 rings (SSSR count). The number of rotatable bonds is 8. The molecule has 0 bridgehead atoms. The first-order chi connectivity index (χ1) is 9.15. The summed E-state index contributed by atoms with van der Waals surface area (Å²) >= 11 is 0. The van der Waals surface area contributed by atoms with E-state index in [9.17, 15) is 4.79 Å². The normalized spacial score (nSPS) is 10.6. The van der Waals surface area contributed by atoms with Crippen LogP contribution in [0, 0.1) is 0 Å². The number of carbonyl (C=O) groups is 1. The Bertz CT molecular complexity index is 412. The van der Waals surface area contributed by atoms with Gasteiger partial charge in [0, 0.05) is 12.1 Å². The lowest BCUT2D eigenvalue weighted by molar-refractivity contribution is -0.131. The number of hydrogen-bond donors (Lipinski definition) is 1. The molecule has 0 atom stereocenters. The van der Waals surface area contributed by atoms with Crippen LogP contribution < -0.4 is 9.47 Å². The highest BCUT2D eigenvalue weighted by molar-refractivity contribution is 5.85. The number of carboxylic acid groups (broad SMARTS) is 1. The molecule has 1 N–H and O–H groups in total. The standard InChI is InChI=1S/C15H20O4/c1-3-7-18-13-9-12(5-6-15(16)17)10-14(11-13)19-8-4-2/h5-6,9-11H,3-4,7-8H2,1-2H3,(H,16,17)/b6-5+. The summed E-state index contributed by atoms with van der Waals surface area (Å²) in [5.74, 6) is 0.414. The van der Waals surface area contributed by atoms with Gasteiger partial charge in [-0.05, 0) is 36.6 Å². The minimum Gasteiger partial charge on any atom is -0.493 e. The molecule has 104 valence electrons. The predicted molar refractivity (Wildman–Crippen MR) is 74.7 cm³/mol. The van der Waals surface area contributed by atoms with Gasteiger partial charge in [0.15, 0.2) is 0 Å². The third-order valence-corrected chi connectivity index (χ3v) is 2.27. The molecular formula is C15H20O4. The van der Waals surface area contributed by atoms with Crippen LogP contribution in [-0.2, 0) is 4.79 Å². The van der Waals surface area contributed by atoms with Gasteiger partial charge >= 0.3 is 5.97 Å². The van der Waals surface area contributed by atoms with E-state index in [1.54, 1.807) is 12.1 Å². The minimum absolute atomic E-state index is 0.624. The van der Waals surface area contributed by atoms with E-state index < -0.39 is 5.97 Å². The van der Waals surface area contributed by atoms with Crippen molar-refractivity contribution in [2.75, 3.05) is 13.2 Å². The number of carboxylic acids is 1. The Hall–Kier alpha value is -1.97. The predicted octanol–water partition coefficient (Wildman–Crippen LogP) is 3.36. The average Bonchev–Trinajstić information content (AvgIpc) is 2.40. The number of aliphatic carboxylic acids is 1. The topological polar surface area (TPSA) is 55.8 Å². The van der Waals surface area contributed by atoms with Crippen molar-refractivity contribution in [3.05, 3.63) is 29.8 Å². The zero-order chi connectivity index (χ0) is 14.1. The summed E-state index contributed by atoms with van der Waals surface area (Å²) in [5, 5.41) is 8.65. The lowest BCUT2D eigenvalue weighted by atomic mass is 10.2. The molecule has 0 aliphatic rings. The molecule has 0 aliphatic carbocycles. The van der Waals surface area contributed by atoms with Crippen molar-refractivity contribution < 1.29 is 19.4 Å². The smallest absolute Gasteiger partial charge is 0.328 e. The number of benzene rings is 1. The Morgan fingerprint density at radius 3 is 2.05 bits per heavy atom. The fourth-order valence-corrected chi connectivity index (χ4v) is 1.46. The molecule has 0 spiro atoms. The van der Waals surface area contributed by atoms with Crippen LogP contribution >= 0.6 is 0 Å². The van der Waals surface area contributed by atoms with Gasteiger partial charge in [0.2, 0.25) is 0 Å². The first-order valence-corrected chi connectivity index (χ1v) is 6.47. The van der Waals surface area contributed by atoms with E-state index in [0.29, 0.717) is 24.7 Å². The second-order valence-corrected chi connectivity index (χ2v) is 4.11. The summed E-state index contributed by atoms with van der Waals surface area (Å²) in [6.07, 6.45) is 4.46. The Morgan fingerprint density at radius 2 is 1.63 bits per heavy atom. The highest BCUT2D eigenvalue weighted by Crippen LogP contribution is 2.24. The molecule has 4 nitrogen and oxygen atoms in total. The number of hydrogen-bond acceptors (Lipinski definition) is 3. The zero-order valence-electron chi connectivity index (χ0n) is 11.4. The van der Waals surface area contributed by atoms with Crippen molar-refractivity contribution in [2.24, 2.45) is 0 Å². The quantitative estimate of drug-likeness (QED) is 0.731. The molecule has 19 heavy (non-hydrogen) atoms. The van der Waals surface area contributed by atoms with Crippen LogP contribution in [0.25, 0.3) is 6.08 Å². The van der Waals surface area contributed by atoms with E-state index >= 15 is 0 Å². The molecule has 0 aromatic heterocycles. The summed E-state index contributed by atoms with van der Waals surface area (Å²) in [5.41, 5.74) is 0.752. The van der Waals surface area contributed by atoms with Gasteiger partial charge in [-0.1, -0.05) is 13.8 Å². The maximum Gasteiger partial charge on any atom is 0.328 e. The highest BCUT2D eigenvalue weighted by Gasteiger charge is 2.02. The van der Waals surface area contributed by atoms with Crippen molar-refractivity contribution in [2.45, 2.75) is 26.7 Å². The van der Waals surface area contributed by atoms with Crippen LogP contribution in [0.1, 0.15) is 32.3 Å². The second-order valence-electron chi connectivity index (χ2n) is 4.11. The first kappa shape index (κ1) is 15.1. The lowest BCUT2D eigenvalue weighted by Gasteiger charge is -2.10. The second kappa shape index (κ2) is 8.19. The fourth-order valence-electron chi connectivity index (χ4n) is 1.46. The number of ether oxygens (including phenoxy) is 2. The molecule has 0 amide bonds. The van der Waals surface area contributed by atoms with E-state index in [2.05, 4.69) is 0 Å². The van der Waals surface area contributed by atoms with E-state index in [1.807, 2.05) is 19.9 Å². The molecule has 1 aromatic carbocycles. The first-order valence-electron chi connectivity index (χ1n) is 6.47. The summed E-state index contributed by atoms with van der Waals surface area (Å²) in [6, 6.07) is 5.42. The maximum atomic E-state index is 10.5. The summed E-state index contributed by atoms with van der Waals surface area (Å²) in [6.45, 7) is 5.31. The van der Waals surface area contributed by atoms with Crippen LogP contribution in [0.4, 0.5) is 0 Å². The van der Waals surface area contributed by atoms with Crippen LogP contribution in [0.2, 0.25) is 0 Å². The SMILES string of the molecule is CCCOc1cc(/C=C/C(=O)O)cc(OCCC)c1. The third-order valence-electron chi connectivity index (χ3n) is 2.27. The molecule has 0 unspecified atom stereocenters. The Kier molecular flexibility index (Phi) is 6.50. The van der Waals surface area contributed by atoms with E-state index in [4.69, 9.17) is 14.6 Å². The Balaban J connectivity index is 2.90. The summed E-state index contributed by atoms with van der Waals surface area (Å²) in [4.78, 5) is 10.5. The van der Waals surface area contributed by atoms with Crippen molar-refractivity contribution in [1.82, 2.24) is 0 Å². The van der Waals surface area contributed by atoms with Crippen LogP contribution in [0.15, 0.2) is 24.3 Å². The van der Waals surface area contributed by atoms with Gasteiger partial charge in [-0.3, -0.25) is 0 Å². The Labute approximate surface area is 113 Å². The van der Waals surface area contributed by atoms with Crippen LogP contribution in [-0.4, -0.2) is 24.3 Å². The van der Waals surface area contributed by atoms with Gasteiger partial charge in [0.1, 0.15) is 11.5 Å². The minimum atomic E-state index is -0.976. The van der Waals surface area contributed by atoms with Gasteiger partial charge < -0.3 is 14.6 Å². The molecule has 1 aromatic rings. The van der Waals surface area contributed by atoms with E-state index in [1.165, 1.54) is 6.08 Å². The lowest BCUT2D eigenvalue weighted by Crippen LogP contribution is -1.99. The maximum absolute atomic E-state index is 10.5. The largest absolute Gasteiger partial charge is 0.493 e. The fraction of sp³-hybridized carbons (Fsp3) is 0.400. The molecule has 4 heteroatoms. The van der Waals surface area contributed by atoms with Gasteiger partial charge in [0.25, 0.3) is 0 Å². The monoisotopic (exact) mass is 264 g/mol. The summed E-state index contributed by atoms with van der Waals surface area (Å²) < 4.78 is 11.1. The van der Waals surface area contributed by atoms with E-state index in [-0.39, 0.29) is 0 Å². The average molecular weight is 264 g/mol. The molecule has 0 radical (unpaired) electrons. The molecule has 0 saturated heterocycles. The van der Waals surface area contributed by atoms with Gasteiger partial charge in [-0.25, -0.2) is 4.79 Å². The highest BCUT2D eigenvalue weighted by atomic mass is 16.5. The summed E-state index contributed by atoms with van der Waals surface area (Å²) in [7, 11) is 0.